The van der Waals surface area contributed by atoms with Gasteiger partial charge in [-0.25, -0.2) is 0 Å². The van der Waals surface area contributed by atoms with Crippen LogP contribution >= 0.6 is 11.6 Å². The van der Waals surface area contributed by atoms with Crippen LogP contribution in [0.4, 0.5) is 0 Å². The molecule has 8 heteroatoms. The average molecular weight is 308 g/mol. The first kappa shape index (κ1) is 15.3. The molecule has 0 aromatic heterocycles. The van der Waals surface area contributed by atoms with Crippen LogP contribution in [0.5, 0.6) is 0 Å². The molecule has 0 spiro atoms. The predicted octanol–water partition coefficient (Wildman–Crippen LogP) is -2.73. The summed E-state index contributed by atoms with van der Waals surface area (Å²) in [5, 5.41) is 44.7. The van der Waals surface area contributed by atoms with Crippen molar-refractivity contribution in [1.82, 2.24) is 0 Å². The van der Waals surface area contributed by atoms with Gasteiger partial charge in [-0.3, -0.25) is 0 Å². The van der Waals surface area contributed by atoms with Gasteiger partial charge in [0, 0.05) is 0 Å². The minimum atomic E-state index is -2.27. The number of aliphatic hydroxyl groups is 5. The van der Waals surface area contributed by atoms with Gasteiger partial charge in [-0.05, 0) is 0 Å². The fourth-order valence-corrected chi connectivity index (χ4v) is 2.52. The Morgan fingerprint density at radius 3 is 2.20 bits per heavy atom. The van der Waals surface area contributed by atoms with Crippen LogP contribution in [0.3, 0.4) is 0 Å². The molecule has 15 heavy (non-hydrogen) atoms. The van der Waals surface area contributed by atoms with E-state index in [-0.39, 0.29) is 0 Å². The number of aliphatic hydroxyl groups excluding tert-OH is 4. The third-order valence-corrected chi connectivity index (χ3v) is 4.64. The van der Waals surface area contributed by atoms with E-state index in [1.165, 1.54) is 5.82 Å². The van der Waals surface area contributed by atoms with Gasteiger partial charge in [-0.1, -0.05) is 0 Å². The predicted molar refractivity (Wildman–Crippen MR) is 52.5 cm³/mol. The molecule has 0 aliphatic rings. The van der Waals surface area contributed by atoms with E-state index in [0.717, 1.165) is 0 Å². The fraction of sp³-hybridized carbons (Fsp3) is 0.857. The van der Waals surface area contributed by atoms with Crippen molar-refractivity contribution < 1.29 is 30.3 Å². The molecule has 0 saturated heterocycles. The van der Waals surface area contributed by atoms with E-state index >= 15 is 0 Å². The van der Waals surface area contributed by atoms with Crippen LogP contribution in [0.2, 0.25) is 5.82 Å². The summed E-state index contributed by atoms with van der Waals surface area (Å²) in [6, 6.07) is 0. The maximum absolute atomic E-state index is 10.9. The van der Waals surface area contributed by atoms with Crippen molar-refractivity contribution in [3.63, 3.8) is 0 Å². The number of carbonyl (C=O) groups excluding carboxylic acids is 1. The van der Waals surface area contributed by atoms with Crippen molar-refractivity contribution in [3.05, 3.63) is 0 Å². The average Bonchev–Trinajstić information content (AvgIpc) is 2.24. The SMILES string of the molecule is C[Se]C(O)(C(=O)Cl)C(O)C(O)C(O)CO. The normalized spacial score (nSPS) is 21.5. The molecule has 0 fully saturated rings. The Bertz CT molecular complexity index is 228. The zero-order valence-electron chi connectivity index (χ0n) is 7.87. The van der Waals surface area contributed by atoms with E-state index in [2.05, 4.69) is 0 Å². The van der Waals surface area contributed by atoms with Gasteiger partial charge in [0.1, 0.15) is 0 Å². The quantitative estimate of drug-likeness (QED) is 0.268. The number of halogens is 1. The monoisotopic (exact) mass is 308 g/mol. The summed E-state index contributed by atoms with van der Waals surface area (Å²) in [6.45, 7) is -0.804. The molecule has 0 bridgehead atoms. The molecular formula is C7H13ClO6Se. The Morgan fingerprint density at radius 2 is 1.93 bits per heavy atom. The number of rotatable bonds is 6. The summed E-state index contributed by atoms with van der Waals surface area (Å²) in [4.78, 5) is 10.9. The number of hydrogen-bond donors (Lipinski definition) is 5. The second-order valence-corrected chi connectivity index (χ2v) is 5.37. The Morgan fingerprint density at radius 1 is 1.47 bits per heavy atom. The second kappa shape index (κ2) is 6.12. The van der Waals surface area contributed by atoms with Crippen LogP contribution < -0.4 is 0 Å². The van der Waals surface area contributed by atoms with Crippen molar-refractivity contribution in [2.75, 3.05) is 6.61 Å². The zero-order chi connectivity index (χ0) is 12.2. The fourth-order valence-electron chi connectivity index (χ4n) is 0.867. The zero-order valence-corrected chi connectivity index (χ0v) is 10.3. The first-order valence-electron chi connectivity index (χ1n) is 3.93. The number of hydrogen-bond acceptors (Lipinski definition) is 6. The van der Waals surface area contributed by atoms with Crippen LogP contribution in [0, 0.1) is 0 Å². The summed E-state index contributed by atoms with van der Waals surface area (Å²) >= 11 is 4.29. The van der Waals surface area contributed by atoms with Gasteiger partial charge >= 0.3 is 97.4 Å². The van der Waals surface area contributed by atoms with Gasteiger partial charge in [-0.2, -0.15) is 0 Å². The Balaban J connectivity index is 4.79. The molecule has 0 aromatic carbocycles. The molecule has 0 heterocycles. The standard InChI is InChI=1S/C7H13ClO6Se/c1-15-7(14,6(8)13)5(12)4(11)3(10)2-9/h3-5,9-12,14H,2H2,1H3. The molecule has 0 aromatic rings. The Hall–Kier alpha value is 0.279. The summed E-state index contributed by atoms with van der Waals surface area (Å²) in [7, 11) is 0. The van der Waals surface area contributed by atoms with Crippen LogP contribution in [-0.2, 0) is 4.79 Å². The summed E-state index contributed by atoms with van der Waals surface area (Å²) in [6.07, 6.45) is -5.43. The van der Waals surface area contributed by atoms with E-state index in [0.29, 0.717) is 0 Å². The summed E-state index contributed by atoms with van der Waals surface area (Å²) in [5.74, 6) is 1.44. The summed E-state index contributed by atoms with van der Waals surface area (Å²) < 4.78 is -2.27. The van der Waals surface area contributed by atoms with Gasteiger partial charge < -0.3 is 0 Å². The van der Waals surface area contributed by atoms with E-state index < -0.39 is 49.6 Å². The Kier molecular flexibility index (Phi) is 6.24. The van der Waals surface area contributed by atoms with Crippen LogP contribution in [-0.4, -0.2) is 75.2 Å². The van der Waals surface area contributed by atoms with Gasteiger partial charge in [0.25, 0.3) is 0 Å². The molecule has 4 atom stereocenters. The van der Waals surface area contributed by atoms with Crippen molar-refractivity contribution >= 4 is 31.8 Å². The molecule has 90 valence electrons. The van der Waals surface area contributed by atoms with Crippen molar-refractivity contribution in [2.45, 2.75) is 28.6 Å². The Labute approximate surface area is 97.6 Å². The molecule has 0 aliphatic carbocycles. The third kappa shape index (κ3) is 3.37. The second-order valence-electron chi connectivity index (χ2n) is 2.86. The molecule has 0 aliphatic heterocycles. The van der Waals surface area contributed by atoms with E-state index in [1.54, 1.807) is 0 Å². The number of carbonyl (C=O) groups is 1. The first-order chi connectivity index (χ1) is 6.81. The van der Waals surface area contributed by atoms with E-state index in [1.807, 2.05) is 0 Å². The first-order valence-corrected chi connectivity index (χ1v) is 6.88. The van der Waals surface area contributed by atoms with Gasteiger partial charge in [0.05, 0.1) is 0 Å². The van der Waals surface area contributed by atoms with E-state index in [4.69, 9.17) is 21.8 Å². The minimum absolute atomic E-state index is 0.790. The molecule has 0 radical (unpaired) electrons. The maximum atomic E-state index is 10.9. The van der Waals surface area contributed by atoms with Crippen molar-refractivity contribution in [3.8, 4) is 0 Å². The summed E-state index contributed by atoms with van der Waals surface area (Å²) in [5.41, 5.74) is 0. The van der Waals surface area contributed by atoms with Crippen LogP contribution in [0.25, 0.3) is 0 Å². The van der Waals surface area contributed by atoms with Crippen LogP contribution in [0.1, 0.15) is 0 Å². The van der Waals surface area contributed by atoms with Crippen LogP contribution in [0.15, 0.2) is 0 Å². The molecule has 0 saturated carbocycles. The molecule has 5 N–H and O–H groups in total. The van der Waals surface area contributed by atoms with Crippen molar-refractivity contribution in [1.29, 1.82) is 0 Å². The molecular weight excluding hydrogens is 294 g/mol. The molecule has 0 amide bonds. The molecule has 0 rings (SSSR count). The topological polar surface area (TPSA) is 118 Å². The van der Waals surface area contributed by atoms with Gasteiger partial charge in [-0.15, -0.1) is 0 Å². The third-order valence-electron chi connectivity index (χ3n) is 1.90. The van der Waals surface area contributed by atoms with Gasteiger partial charge in [0.2, 0.25) is 0 Å². The van der Waals surface area contributed by atoms with Crippen molar-refractivity contribution in [2.24, 2.45) is 0 Å². The molecule has 4 unspecified atom stereocenters. The van der Waals surface area contributed by atoms with Gasteiger partial charge in [0.15, 0.2) is 0 Å². The molecule has 6 nitrogen and oxygen atoms in total. The van der Waals surface area contributed by atoms with E-state index in [9.17, 15) is 20.1 Å².